The van der Waals surface area contributed by atoms with Crippen LogP contribution in [0, 0.1) is 0 Å². The minimum Gasteiger partial charge on any atom is -0.423 e. The lowest BCUT2D eigenvalue weighted by atomic mass is 10.2. The highest BCUT2D eigenvalue weighted by Crippen LogP contribution is 2.31. The number of pyridine rings is 1. The number of hydrogen-bond donors (Lipinski definition) is 1. The minimum absolute atomic E-state index is 0.280. The van der Waals surface area contributed by atoms with E-state index in [1.165, 1.54) is 0 Å². The third-order valence-corrected chi connectivity index (χ3v) is 4.70. The molecular weight excluding hydrogens is 424 g/mol. The van der Waals surface area contributed by atoms with Crippen LogP contribution < -0.4 is 10.2 Å². The monoisotopic (exact) mass is 436 g/mol. The van der Waals surface area contributed by atoms with Crippen molar-refractivity contribution < 1.29 is 13.9 Å². The maximum Gasteiger partial charge on any atom is 0.298 e. The Hall–Kier alpha value is -2.16. The fourth-order valence-corrected chi connectivity index (χ4v) is 3.19. The summed E-state index contributed by atoms with van der Waals surface area (Å²) in [6.45, 7) is 2.72. The van der Waals surface area contributed by atoms with Crippen LogP contribution in [0.25, 0.3) is 11.1 Å². The molecule has 9 heteroatoms. The molecule has 1 aliphatic rings. The molecule has 1 amide bonds. The highest BCUT2D eigenvalue weighted by atomic mass is 79.9. The first kappa shape index (κ1) is 17.3. The number of carbonyl (C=O) groups is 1. The molecule has 0 spiro atoms. The van der Waals surface area contributed by atoms with Gasteiger partial charge in [-0.1, -0.05) is 17.7 Å². The van der Waals surface area contributed by atoms with Crippen molar-refractivity contribution in [2.75, 3.05) is 36.5 Å². The lowest BCUT2D eigenvalue weighted by Gasteiger charge is -2.24. The van der Waals surface area contributed by atoms with E-state index in [0.29, 0.717) is 45.6 Å². The summed E-state index contributed by atoms with van der Waals surface area (Å²) in [5.41, 5.74) is 1.90. The zero-order valence-corrected chi connectivity index (χ0v) is 15.9. The van der Waals surface area contributed by atoms with Gasteiger partial charge in [-0.15, -0.1) is 0 Å². The molecule has 4 rings (SSSR count). The van der Waals surface area contributed by atoms with Crippen molar-refractivity contribution in [3.63, 3.8) is 0 Å². The third-order valence-electron chi connectivity index (χ3n) is 3.94. The number of oxazole rings is 1. The van der Waals surface area contributed by atoms with Gasteiger partial charge in [0.25, 0.3) is 11.9 Å². The Balaban J connectivity index is 1.61. The first-order valence-corrected chi connectivity index (χ1v) is 9.14. The van der Waals surface area contributed by atoms with Crippen LogP contribution in [-0.2, 0) is 4.74 Å². The molecule has 1 aromatic carbocycles. The van der Waals surface area contributed by atoms with Gasteiger partial charge in [-0.2, -0.15) is 4.98 Å². The van der Waals surface area contributed by atoms with Crippen LogP contribution in [0.1, 0.15) is 10.5 Å². The number of amides is 1. The predicted molar refractivity (Wildman–Crippen MR) is 102 cm³/mol. The number of nitrogens with one attached hydrogen (secondary N) is 1. The normalized spacial score (nSPS) is 14.6. The smallest absolute Gasteiger partial charge is 0.298 e. The van der Waals surface area contributed by atoms with E-state index < -0.39 is 0 Å². The summed E-state index contributed by atoms with van der Waals surface area (Å²) >= 11 is 9.55. The molecule has 1 fully saturated rings. The number of hydrogen-bond acceptors (Lipinski definition) is 6. The van der Waals surface area contributed by atoms with Gasteiger partial charge in [0.2, 0.25) is 0 Å². The summed E-state index contributed by atoms with van der Waals surface area (Å²) in [5.74, 6) is -0.361. The van der Waals surface area contributed by atoms with E-state index in [9.17, 15) is 4.79 Å². The summed E-state index contributed by atoms with van der Waals surface area (Å²) in [5, 5.41) is 3.14. The van der Waals surface area contributed by atoms with Crippen LogP contribution >= 0.6 is 27.5 Å². The standard InChI is InChI=1S/C17H14BrClN4O3/c18-15-3-1-2-11(20-15)16(24)21-12-9-14-13(8-10(12)19)22-17(26-14)23-4-6-25-7-5-23/h1-3,8-9H,4-7H2,(H,21,24). The van der Waals surface area contributed by atoms with E-state index in [0.717, 1.165) is 13.1 Å². The van der Waals surface area contributed by atoms with Crippen molar-refractivity contribution in [3.05, 3.63) is 45.7 Å². The Morgan fingerprint density at radius 2 is 2.04 bits per heavy atom. The number of carbonyl (C=O) groups excluding carboxylic acids is 1. The van der Waals surface area contributed by atoms with E-state index in [1.807, 2.05) is 4.90 Å². The molecule has 134 valence electrons. The van der Waals surface area contributed by atoms with Gasteiger partial charge in [-0.25, -0.2) is 4.98 Å². The van der Waals surface area contributed by atoms with Crippen LogP contribution in [-0.4, -0.2) is 42.2 Å². The van der Waals surface area contributed by atoms with Crippen LogP contribution in [0.2, 0.25) is 5.02 Å². The molecule has 0 radical (unpaired) electrons. The molecule has 3 aromatic rings. The lowest BCUT2D eigenvalue weighted by Crippen LogP contribution is -2.36. The van der Waals surface area contributed by atoms with Crippen molar-refractivity contribution in [1.82, 2.24) is 9.97 Å². The molecule has 0 bridgehead atoms. The number of nitrogens with zero attached hydrogens (tertiary/aromatic N) is 3. The predicted octanol–water partition coefficient (Wildman–Crippen LogP) is 3.73. The number of ether oxygens (including phenoxy) is 1. The quantitative estimate of drug-likeness (QED) is 0.629. The topological polar surface area (TPSA) is 80.5 Å². The first-order chi connectivity index (χ1) is 12.6. The largest absolute Gasteiger partial charge is 0.423 e. The number of morpholine rings is 1. The van der Waals surface area contributed by atoms with E-state index >= 15 is 0 Å². The maximum atomic E-state index is 12.4. The summed E-state index contributed by atoms with van der Waals surface area (Å²) < 4.78 is 11.8. The first-order valence-electron chi connectivity index (χ1n) is 7.97. The van der Waals surface area contributed by atoms with E-state index in [1.54, 1.807) is 30.3 Å². The number of fused-ring (bicyclic) bond motifs is 1. The second-order valence-electron chi connectivity index (χ2n) is 5.70. The molecule has 3 heterocycles. The van der Waals surface area contributed by atoms with Gasteiger partial charge in [0.1, 0.15) is 15.8 Å². The number of aromatic nitrogens is 2. The molecule has 1 N–H and O–H groups in total. The molecule has 1 aliphatic heterocycles. The SMILES string of the molecule is O=C(Nc1cc2oc(N3CCOCC3)nc2cc1Cl)c1cccc(Br)n1. The van der Waals surface area contributed by atoms with Gasteiger partial charge in [0, 0.05) is 19.2 Å². The number of rotatable bonds is 3. The van der Waals surface area contributed by atoms with E-state index in [-0.39, 0.29) is 11.6 Å². The van der Waals surface area contributed by atoms with Gasteiger partial charge in [0.15, 0.2) is 5.58 Å². The lowest BCUT2D eigenvalue weighted by molar-refractivity contribution is 0.102. The maximum absolute atomic E-state index is 12.4. The minimum atomic E-state index is -0.361. The molecule has 26 heavy (non-hydrogen) atoms. The van der Waals surface area contributed by atoms with Crippen LogP contribution in [0.15, 0.2) is 39.4 Å². The van der Waals surface area contributed by atoms with Crippen LogP contribution in [0.4, 0.5) is 11.7 Å². The van der Waals surface area contributed by atoms with Crippen LogP contribution in [0.3, 0.4) is 0 Å². The average molecular weight is 438 g/mol. The Morgan fingerprint density at radius 1 is 1.23 bits per heavy atom. The molecule has 0 saturated carbocycles. The second kappa shape index (κ2) is 7.22. The zero-order chi connectivity index (χ0) is 18.1. The van der Waals surface area contributed by atoms with E-state index in [2.05, 4.69) is 31.2 Å². The summed E-state index contributed by atoms with van der Waals surface area (Å²) in [7, 11) is 0. The number of benzene rings is 1. The van der Waals surface area contributed by atoms with Crippen molar-refractivity contribution in [2.24, 2.45) is 0 Å². The molecule has 0 atom stereocenters. The van der Waals surface area contributed by atoms with Crippen molar-refractivity contribution in [1.29, 1.82) is 0 Å². The molecule has 0 unspecified atom stereocenters. The molecule has 1 saturated heterocycles. The highest BCUT2D eigenvalue weighted by Gasteiger charge is 2.19. The Labute approximate surface area is 162 Å². The van der Waals surface area contributed by atoms with Crippen LogP contribution in [0.5, 0.6) is 0 Å². The fourth-order valence-electron chi connectivity index (χ4n) is 2.64. The van der Waals surface area contributed by atoms with Crippen molar-refractivity contribution >= 4 is 56.2 Å². The van der Waals surface area contributed by atoms with Gasteiger partial charge in [0.05, 0.1) is 23.9 Å². The second-order valence-corrected chi connectivity index (χ2v) is 6.91. The van der Waals surface area contributed by atoms with E-state index in [4.69, 9.17) is 20.8 Å². The number of halogens is 2. The Kier molecular flexibility index (Phi) is 4.80. The molecule has 0 aliphatic carbocycles. The summed E-state index contributed by atoms with van der Waals surface area (Å²) in [6, 6.07) is 8.98. The zero-order valence-electron chi connectivity index (χ0n) is 13.5. The van der Waals surface area contributed by atoms with Crippen molar-refractivity contribution in [2.45, 2.75) is 0 Å². The fraction of sp³-hybridized carbons (Fsp3) is 0.235. The van der Waals surface area contributed by atoms with Gasteiger partial charge in [-0.05, 0) is 34.1 Å². The summed E-state index contributed by atoms with van der Waals surface area (Å²) in [6.07, 6.45) is 0. The molecule has 7 nitrogen and oxygen atoms in total. The third kappa shape index (κ3) is 3.53. The Morgan fingerprint density at radius 3 is 2.81 bits per heavy atom. The molecular formula is C17H14BrClN4O3. The average Bonchev–Trinajstić information content (AvgIpc) is 3.05. The molecule has 2 aromatic heterocycles. The highest BCUT2D eigenvalue weighted by molar-refractivity contribution is 9.10. The number of anilines is 2. The van der Waals surface area contributed by atoms with Gasteiger partial charge < -0.3 is 19.4 Å². The Bertz CT molecular complexity index is 972. The van der Waals surface area contributed by atoms with Gasteiger partial charge in [-0.3, -0.25) is 4.79 Å². The van der Waals surface area contributed by atoms with Gasteiger partial charge >= 0.3 is 0 Å². The van der Waals surface area contributed by atoms with Crippen molar-refractivity contribution in [3.8, 4) is 0 Å². The summed E-state index contributed by atoms with van der Waals surface area (Å²) in [4.78, 5) is 23.0.